The summed E-state index contributed by atoms with van der Waals surface area (Å²) in [5.41, 5.74) is 4.52. The van der Waals surface area contributed by atoms with Gasteiger partial charge in [0.05, 0.1) is 46.2 Å². The number of amides is 1. The number of hydrogen-bond donors (Lipinski definition) is 0. The molecule has 0 N–H and O–H groups in total. The minimum absolute atomic E-state index is 0.0149. The lowest BCUT2D eigenvalue weighted by molar-refractivity contribution is -0.124. The normalized spacial score (nSPS) is 17.9. The lowest BCUT2D eigenvalue weighted by atomic mass is 9.74. The number of piperidine rings is 1. The summed E-state index contributed by atoms with van der Waals surface area (Å²) in [6.45, 7) is 0.939. The van der Waals surface area contributed by atoms with E-state index in [9.17, 15) is 13.2 Å². The van der Waals surface area contributed by atoms with Crippen molar-refractivity contribution in [1.29, 1.82) is 0 Å². The Labute approximate surface area is 207 Å². The molecule has 1 amide bonds. The summed E-state index contributed by atoms with van der Waals surface area (Å²) >= 11 is 1.54. The zero-order valence-corrected chi connectivity index (χ0v) is 20.7. The number of fused-ring (bicyclic) bond motifs is 3. The highest BCUT2D eigenvalue weighted by atomic mass is 32.2. The molecule has 0 unspecified atom stereocenters. The van der Waals surface area contributed by atoms with Crippen LogP contribution in [0.15, 0.2) is 60.6 Å². The number of benzene rings is 1. The number of anilines is 1. The standard InChI is InChI=1S/C25H23N5O3S2/c1-35(32,33)29-10-7-25(8-11-29)19-6-9-26-13-21(19)30(24(25)31)15-20-23(22-14-27-16-34-22)18-5-3-2-4-17(18)12-28-20/h2-6,9,12-14,16H,7-8,10-11,15H2,1H3. The highest BCUT2D eigenvalue weighted by molar-refractivity contribution is 7.88. The molecule has 0 atom stereocenters. The molecule has 3 aromatic heterocycles. The molecule has 0 bridgehead atoms. The van der Waals surface area contributed by atoms with Crippen molar-refractivity contribution in [2.45, 2.75) is 24.8 Å². The van der Waals surface area contributed by atoms with Crippen LogP contribution in [-0.2, 0) is 26.8 Å². The molecular formula is C25H23N5O3S2. The van der Waals surface area contributed by atoms with Crippen molar-refractivity contribution >= 4 is 43.7 Å². The van der Waals surface area contributed by atoms with E-state index < -0.39 is 15.4 Å². The molecule has 0 aliphatic carbocycles. The number of nitrogens with zero attached hydrogens (tertiary/aromatic N) is 5. The number of carbonyl (C=O) groups is 1. The van der Waals surface area contributed by atoms with E-state index in [0.29, 0.717) is 32.5 Å². The monoisotopic (exact) mass is 505 g/mol. The van der Waals surface area contributed by atoms with E-state index in [1.807, 2.05) is 36.7 Å². The number of aromatic nitrogens is 3. The van der Waals surface area contributed by atoms with Crippen molar-refractivity contribution in [3.05, 3.63) is 71.9 Å². The maximum atomic E-state index is 14.1. The van der Waals surface area contributed by atoms with E-state index in [0.717, 1.165) is 38.2 Å². The van der Waals surface area contributed by atoms with Gasteiger partial charge in [0, 0.05) is 42.6 Å². The average molecular weight is 506 g/mol. The molecule has 0 saturated carbocycles. The van der Waals surface area contributed by atoms with Crippen LogP contribution in [0.5, 0.6) is 0 Å². The van der Waals surface area contributed by atoms with Crippen molar-refractivity contribution in [1.82, 2.24) is 19.3 Å². The fourth-order valence-corrected chi connectivity index (χ4v) is 6.97. The summed E-state index contributed by atoms with van der Waals surface area (Å²) < 4.78 is 25.6. The summed E-state index contributed by atoms with van der Waals surface area (Å²) in [4.78, 5) is 30.2. The van der Waals surface area contributed by atoms with Crippen molar-refractivity contribution in [2.75, 3.05) is 24.2 Å². The molecule has 178 valence electrons. The molecule has 8 nitrogen and oxygen atoms in total. The Kier molecular flexibility index (Phi) is 5.21. The number of pyridine rings is 2. The van der Waals surface area contributed by atoms with E-state index in [1.54, 1.807) is 34.1 Å². The number of thiazole rings is 1. The van der Waals surface area contributed by atoms with Crippen LogP contribution in [0.2, 0.25) is 0 Å². The third-order valence-corrected chi connectivity index (χ3v) is 9.26. The van der Waals surface area contributed by atoms with E-state index in [-0.39, 0.29) is 5.91 Å². The highest BCUT2D eigenvalue weighted by Crippen LogP contribution is 2.48. The first-order valence-corrected chi connectivity index (χ1v) is 14.1. The predicted molar refractivity (Wildman–Crippen MR) is 136 cm³/mol. The molecule has 1 fully saturated rings. The second kappa shape index (κ2) is 8.18. The maximum Gasteiger partial charge on any atom is 0.238 e. The van der Waals surface area contributed by atoms with Crippen molar-refractivity contribution in [3.63, 3.8) is 0 Å². The Balaban J connectivity index is 1.43. The Morgan fingerprint density at radius 2 is 1.86 bits per heavy atom. The summed E-state index contributed by atoms with van der Waals surface area (Å²) in [5.74, 6) is -0.0149. The van der Waals surface area contributed by atoms with Gasteiger partial charge in [-0.25, -0.2) is 12.7 Å². The van der Waals surface area contributed by atoms with E-state index in [4.69, 9.17) is 4.98 Å². The van der Waals surface area contributed by atoms with Crippen molar-refractivity contribution in [2.24, 2.45) is 0 Å². The quantitative estimate of drug-likeness (QED) is 0.421. The molecule has 10 heteroatoms. The summed E-state index contributed by atoms with van der Waals surface area (Å²) in [5, 5.41) is 2.09. The van der Waals surface area contributed by atoms with Crippen LogP contribution in [0.4, 0.5) is 5.69 Å². The van der Waals surface area contributed by atoms with E-state index in [1.165, 1.54) is 10.6 Å². The SMILES string of the molecule is CS(=O)(=O)N1CCC2(CC1)C(=O)N(Cc1ncc3ccccc3c1-c1cncs1)c1cnccc12. The van der Waals surface area contributed by atoms with Crippen LogP contribution >= 0.6 is 11.3 Å². The molecule has 2 aliphatic heterocycles. The Hall–Kier alpha value is -3.21. The molecule has 0 radical (unpaired) electrons. The highest BCUT2D eigenvalue weighted by Gasteiger charge is 2.53. The summed E-state index contributed by atoms with van der Waals surface area (Å²) in [7, 11) is -3.30. The van der Waals surface area contributed by atoms with Gasteiger partial charge in [0.25, 0.3) is 0 Å². The zero-order valence-electron chi connectivity index (χ0n) is 19.1. The second-order valence-corrected chi connectivity index (χ2v) is 11.9. The smallest absolute Gasteiger partial charge is 0.238 e. The number of rotatable bonds is 4. The minimum Gasteiger partial charge on any atom is -0.304 e. The number of carbonyl (C=O) groups excluding carboxylic acids is 1. The van der Waals surface area contributed by atoms with Crippen LogP contribution in [0.1, 0.15) is 24.1 Å². The zero-order chi connectivity index (χ0) is 24.2. The molecule has 6 rings (SSSR count). The molecule has 5 heterocycles. The average Bonchev–Trinajstić information content (AvgIpc) is 3.47. The summed E-state index contributed by atoms with van der Waals surface area (Å²) in [6, 6.07) is 9.99. The second-order valence-electron chi connectivity index (χ2n) is 9.06. The Morgan fingerprint density at radius 3 is 2.60 bits per heavy atom. The van der Waals surface area contributed by atoms with Crippen LogP contribution < -0.4 is 4.90 Å². The molecule has 35 heavy (non-hydrogen) atoms. The van der Waals surface area contributed by atoms with Gasteiger partial charge in [0.15, 0.2) is 0 Å². The molecule has 1 spiro atoms. The van der Waals surface area contributed by atoms with Crippen molar-refractivity contribution in [3.8, 4) is 10.4 Å². The van der Waals surface area contributed by atoms with Gasteiger partial charge in [-0.2, -0.15) is 0 Å². The van der Waals surface area contributed by atoms with Gasteiger partial charge in [-0.3, -0.25) is 19.7 Å². The first-order valence-electron chi connectivity index (χ1n) is 11.4. The third kappa shape index (κ3) is 3.55. The molecule has 4 aromatic rings. The lowest BCUT2D eigenvalue weighted by Gasteiger charge is -2.37. The fraction of sp³-hybridized carbons (Fsp3) is 0.280. The Morgan fingerprint density at radius 1 is 1.06 bits per heavy atom. The van der Waals surface area contributed by atoms with Crippen LogP contribution in [0.3, 0.4) is 0 Å². The van der Waals surface area contributed by atoms with Gasteiger partial charge in [0.1, 0.15) is 0 Å². The molecular weight excluding hydrogens is 482 g/mol. The third-order valence-electron chi connectivity index (χ3n) is 7.17. The van der Waals surface area contributed by atoms with Gasteiger partial charge < -0.3 is 4.90 Å². The van der Waals surface area contributed by atoms with Crippen LogP contribution in [0, 0.1) is 0 Å². The van der Waals surface area contributed by atoms with Gasteiger partial charge >= 0.3 is 0 Å². The van der Waals surface area contributed by atoms with Crippen LogP contribution in [-0.4, -0.2) is 52.9 Å². The topological polar surface area (TPSA) is 96.4 Å². The largest absolute Gasteiger partial charge is 0.304 e. The van der Waals surface area contributed by atoms with Crippen LogP contribution in [0.25, 0.3) is 21.2 Å². The van der Waals surface area contributed by atoms with E-state index in [2.05, 4.69) is 16.0 Å². The lowest BCUT2D eigenvalue weighted by Crippen LogP contribution is -2.49. The molecule has 1 saturated heterocycles. The minimum atomic E-state index is -3.30. The summed E-state index contributed by atoms with van der Waals surface area (Å²) in [6.07, 6.45) is 9.23. The van der Waals surface area contributed by atoms with Gasteiger partial charge in [-0.05, 0) is 29.9 Å². The first-order chi connectivity index (χ1) is 16.9. The van der Waals surface area contributed by atoms with Gasteiger partial charge in [-0.15, -0.1) is 11.3 Å². The number of sulfonamides is 1. The first kappa shape index (κ1) is 22.3. The van der Waals surface area contributed by atoms with E-state index >= 15 is 0 Å². The van der Waals surface area contributed by atoms with Crippen molar-refractivity contribution < 1.29 is 13.2 Å². The maximum absolute atomic E-state index is 14.1. The Bertz CT molecular complexity index is 1540. The molecule has 1 aromatic carbocycles. The van der Waals surface area contributed by atoms with Gasteiger partial charge in [0.2, 0.25) is 15.9 Å². The predicted octanol–water partition coefficient (Wildman–Crippen LogP) is 3.59. The number of hydrogen-bond acceptors (Lipinski definition) is 7. The molecule has 2 aliphatic rings. The fourth-order valence-electron chi connectivity index (χ4n) is 5.42. The van der Waals surface area contributed by atoms with Gasteiger partial charge in [-0.1, -0.05) is 24.3 Å².